The first kappa shape index (κ1) is 23.6. The van der Waals surface area contributed by atoms with Gasteiger partial charge in [-0.2, -0.15) is 0 Å². The summed E-state index contributed by atoms with van der Waals surface area (Å²) in [5, 5.41) is 1.04. The van der Waals surface area contributed by atoms with E-state index in [0.717, 1.165) is 23.4 Å². The molecule has 0 spiro atoms. The Kier molecular flexibility index (Phi) is 6.73. The molecule has 0 atom stereocenters. The lowest BCUT2D eigenvalue weighted by Crippen LogP contribution is -2.39. The molecule has 0 N–H and O–H groups in total. The number of hydrogen-bond acceptors (Lipinski definition) is 4. The fraction of sp³-hybridized carbons (Fsp3) is 0.179. The number of benzene rings is 3. The SMILES string of the molecule is COc1ccc(Cn2cncc2CCCn2c(=O)n(-c3ccc(Cl)cc3)c(=O)c3ccccc32)cc1. The van der Waals surface area contributed by atoms with Crippen LogP contribution in [0.4, 0.5) is 0 Å². The number of aromatic nitrogens is 4. The second-order valence-electron chi connectivity index (χ2n) is 8.53. The fourth-order valence-electron chi connectivity index (χ4n) is 4.40. The third-order valence-electron chi connectivity index (χ3n) is 6.26. The molecule has 0 amide bonds. The van der Waals surface area contributed by atoms with Gasteiger partial charge in [0, 0.05) is 30.0 Å². The monoisotopic (exact) mass is 500 g/mol. The minimum atomic E-state index is -0.368. The Morgan fingerprint density at radius 3 is 2.44 bits per heavy atom. The molecule has 0 radical (unpaired) electrons. The van der Waals surface area contributed by atoms with Crippen LogP contribution >= 0.6 is 11.6 Å². The molecule has 3 aromatic carbocycles. The molecule has 0 saturated heterocycles. The Bertz CT molecular complexity index is 1620. The normalized spacial score (nSPS) is 11.2. The molecule has 182 valence electrons. The number of para-hydroxylation sites is 1. The summed E-state index contributed by atoms with van der Waals surface area (Å²) in [5.41, 5.74) is 2.64. The molecule has 0 aliphatic heterocycles. The van der Waals surface area contributed by atoms with Crippen LogP contribution in [0, 0.1) is 0 Å². The second-order valence-corrected chi connectivity index (χ2v) is 8.97. The number of methoxy groups -OCH3 is 1. The Hall–Kier alpha value is -4.10. The van der Waals surface area contributed by atoms with Crippen molar-refractivity contribution in [1.29, 1.82) is 0 Å². The van der Waals surface area contributed by atoms with Gasteiger partial charge in [0.2, 0.25) is 0 Å². The largest absolute Gasteiger partial charge is 0.497 e. The van der Waals surface area contributed by atoms with Crippen molar-refractivity contribution in [2.24, 2.45) is 0 Å². The number of fused-ring (bicyclic) bond motifs is 1. The predicted molar refractivity (Wildman–Crippen MR) is 141 cm³/mol. The average molecular weight is 501 g/mol. The van der Waals surface area contributed by atoms with Gasteiger partial charge in [-0.15, -0.1) is 0 Å². The zero-order chi connectivity index (χ0) is 25.1. The first-order chi connectivity index (χ1) is 17.5. The van der Waals surface area contributed by atoms with Crippen molar-refractivity contribution < 1.29 is 4.74 Å². The lowest BCUT2D eigenvalue weighted by molar-refractivity contribution is 0.414. The van der Waals surface area contributed by atoms with Crippen molar-refractivity contribution in [1.82, 2.24) is 18.7 Å². The van der Waals surface area contributed by atoms with Crippen LogP contribution in [0.25, 0.3) is 16.6 Å². The number of rotatable bonds is 8. The van der Waals surface area contributed by atoms with Gasteiger partial charge in [0.05, 0.1) is 30.0 Å². The highest BCUT2D eigenvalue weighted by Gasteiger charge is 2.14. The molecule has 5 aromatic rings. The predicted octanol–water partition coefficient (Wildman–Crippen LogP) is 4.69. The molecular weight excluding hydrogens is 476 g/mol. The van der Waals surface area contributed by atoms with E-state index in [0.29, 0.717) is 41.1 Å². The summed E-state index contributed by atoms with van der Waals surface area (Å²) in [6.45, 7) is 1.16. The maximum Gasteiger partial charge on any atom is 0.336 e. The molecule has 36 heavy (non-hydrogen) atoms. The Morgan fingerprint density at radius 1 is 0.944 bits per heavy atom. The van der Waals surface area contributed by atoms with Crippen LogP contribution in [0.5, 0.6) is 5.75 Å². The van der Waals surface area contributed by atoms with Crippen LogP contribution < -0.4 is 16.0 Å². The van der Waals surface area contributed by atoms with Crippen molar-refractivity contribution in [2.45, 2.75) is 25.9 Å². The molecule has 0 saturated carbocycles. The minimum Gasteiger partial charge on any atom is -0.497 e. The van der Waals surface area contributed by atoms with Gasteiger partial charge in [-0.3, -0.25) is 9.36 Å². The summed E-state index contributed by atoms with van der Waals surface area (Å²) >= 11 is 6.02. The zero-order valence-electron chi connectivity index (χ0n) is 19.8. The van der Waals surface area contributed by atoms with Gasteiger partial charge in [-0.1, -0.05) is 35.9 Å². The van der Waals surface area contributed by atoms with E-state index in [1.165, 1.54) is 4.57 Å². The van der Waals surface area contributed by atoms with Gasteiger partial charge >= 0.3 is 5.69 Å². The van der Waals surface area contributed by atoms with Crippen molar-refractivity contribution in [3.8, 4) is 11.4 Å². The van der Waals surface area contributed by atoms with Gasteiger partial charge in [-0.05, 0) is 66.9 Å². The van der Waals surface area contributed by atoms with Crippen LogP contribution in [0.2, 0.25) is 5.02 Å². The summed E-state index contributed by atoms with van der Waals surface area (Å²) in [6.07, 6.45) is 5.12. The lowest BCUT2D eigenvalue weighted by atomic mass is 10.2. The summed E-state index contributed by atoms with van der Waals surface area (Å²) in [7, 11) is 1.65. The third-order valence-corrected chi connectivity index (χ3v) is 6.51. The smallest absolute Gasteiger partial charge is 0.336 e. The van der Waals surface area contributed by atoms with E-state index in [9.17, 15) is 9.59 Å². The van der Waals surface area contributed by atoms with E-state index in [4.69, 9.17) is 16.3 Å². The number of ether oxygens (including phenoxy) is 1. The Balaban J connectivity index is 1.41. The molecule has 7 nitrogen and oxygen atoms in total. The third kappa shape index (κ3) is 4.70. The van der Waals surface area contributed by atoms with Gasteiger partial charge in [0.1, 0.15) is 5.75 Å². The van der Waals surface area contributed by atoms with E-state index in [1.54, 1.807) is 42.0 Å². The molecule has 8 heteroatoms. The summed E-state index contributed by atoms with van der Waals surface area (Å²) in [4.78, 5) is 31.0. The standard InChI is InChI=1S/C28H25ClN4O3/c1-36-24-14-8-20(9-15-24)18-31-19-30-17-23(31)5-4-16-32-26-7-3-2-6-25(26)27(34)33(28(32)35)22-12-10-21(29)11-13-22/h2-3,6-15,17,19H,4-5,16,18H2,1H3. The lowest BCUT2D eigenvalue weighted by Gasteiger charge is -2.15. The van der Waals surface area contributed by atoms with Crippen molar-refractivity contribution in [2.75, 3.05) is 7.11 Å². The maximum absolute atomic E-state index is 13.5. The van der Waals surface area contributed by atoms with Crippen LogP contribution in [-0.4, -0.2) is 25.8 Å². The van der Waals surface area contributed by atoms with Crippen LogP contribution in [0.3, 0.4) is 0 Å². The molecule has 0 unspecified atom stereocenters. The van der Waals surface area contributed by atoms with Crippen molar-refractivity contribution in [3.05, 3.63) is 122 Å². The first-order valence-electron chi connectivity index (χ1n) is 11.7. The van der Waals surface area contributed by atoms with E-state index in [2.05, 4.69) is 9.55 Å². The highest BCUT2D eigenvalue weighted by molar-refractivity contribution is 6.30. The van der Waals surface area contributed by atoms with E-state index in [1.807, 2.05) is 55.0 Å². The number of hydrogen-bond donors (Lipinski definition) is 0. The van der Waals surface area contributed by atoms with Gasteiger partial charge in [0.25, 0.3) is 5.56 Å². The van der Waals surface area contributed by atoms with Crippen LogP contribution in [0.1, 0.15) is 17.7 Å². The molecule has 0 fully saturated rings. The molecular formula is C28H25ClN4O3. The summed E-state index contributed by atoms with van der Waals surface area (Å²) in [5.74, 6) is 0.821. The molecule has 0 aliphatic rings. The molecule has 2 aromatic heterocycles. The van der Waals surface area contributed by atoms with Gasteiger partial charge < -0.3 is 9.30 Å². The maximum atomic E-state index is 13.5. The average Bonchev–Trinajstić information content (AvgIpc) is 3.34. The highest BCUT2D eigenvalue weighted by atomic mass is 35.5. The van der Waals surface area contributed by atoms with Crippen molar-refractivity contribution >= 4 is 22.5 Å². The number of halogens is 1. The topological polar surface area (TPSA) is 71.0 Å². The van der Waals surface area contributed by atoms with Crippen LogP contribution in [0.15, 0.2) is 94.9 Å². The van der Waals surface area contributed by atoms with E-state index in [-0.39, 0.29) is 11.2 Å². The van der Waals surface area contributed by atoms with E-state index >= 15 is 0 Å². The van der Waals surface area contributed by atoms with E-state index < -0.39 is 0 Å². The quantitative estimate of drug-likeness (QED) is 0.310. The highest BCUT2D eigenvalue weighted by Crippen LogP contribution is 2.16. The molecule has 5 rings (SSSR count). The summed E-state index contributed by atoms with van der Waals surface area (Å²) < 4.78 is 10.2. The molecule has 2 heterocycles. The Morgan fingerprint density at radius 2 is 1.69 bits per heavy atom. The number of aryl methyl sites for hydroxylation is 2. The first-order valence-corrected chi connectivity index (χ1v) is 12.1. The summed E-state index contributed by atoms with van der Waals surface area (Å²) in [6, 6.07) is 21.9. The Labute approximate surface area is 212 Å². The minimum absolute atomic E-state index is 0.341. The number of nitrogens with zero attached hydrogens (tertiary/aromatic N) is 4. The molecule has 0 aliphatic carbocycles. The van der Waals surface area contributed by atoms with Crippen LogP contribution in [-0.2, 0) is 19.5 Å². The van der Waals surface area contributed by atoms with Crippen molar-refractivity contribution in [3.63, 3.8) is 0 Å². The molecule has 0 bridgehead atoms. The fourth-order valence-corrected chi connectivity index (χ4v) is 4.53. The van der Waals surface area contributed by atoms with Gasteiger partial charge in [-0.25, -0.2) is 14.3 Å². The number of imidazole rings is 1. The van der Waals surface area contributed by atoms with Gasteiger partial charge in [0.15, 0.2) is 0 Å². The second kappa shape index (κ2) is 10.3. The zero-order valence-corrected chi connectivity index (χ0v) is 20.6.